The van der Waals surface area contributed by atoms with E-state index in [1.165, 1.54) is 0 Å². The molecular weight excluding hydrogens is 62.1 g/mol. The standard InChI is InChI=1S/C4H8N/c1-3-5-4-2/h3H2,1-2H3/q+1. The monoisotopic (exact) mass is 70.1 g/mol. The van der Waals surface area contributed by atoms with Crippen LogP contribution in [0.3, 0.4) is 0 Å². The third-order valence-corrected chi connectivity index (χ3v) is 0.316. The van der Waals surface area contributed by atoms with Gasteiger partial charge in [-0.15, -0.1) is 0 Å². The summed E-state index contributed by atoms with van der Waals surface area (Å²) < 4.78 is 0. The predicted octanol–water partition coefficient (Wildman–Crippen LogP) is 1.36. The van der Waals surface area contributed by atoms with Crippen LogP contribution >= 0.6 is 0 Å². The molecule has 0 aromatic carbocycles. The first-order valence-electron chi connectivity index (χ1n) is 1.75. The summed E-state index contributed by atoms with van der Waals surface area (Å²) in [6, 6.07) is 2.64. The molecule has 0 saturated carbocycles. The lowest BCUT2D eigenvalue weighted by Gasteiger charge is -1.42. The molecule has 0 aliphatic carbocycles. The minimum absolute atomic E-state index is 0.858. The molecule has 0 unspecified atom stereocenters. The van der Waals surface area contributed by atoms with Crippen LogP contribution in [-0.4, -0.2) is 6.54 Å². The predicted molar refractivity (Wildman–Crippen MR) is 23.5 cm³/mol. The second-order valence-electron chi connectivity index (χ2n) is 0.698. The van der Waals surface area contributed by atoms with Gasteiger partial charge in [0.1, 0.15) is 0 Å². The van der Waals surface area contributed by atoms with Crippen LogP contribution in [0, 0.1) is 6.07 Å². The van der Waals surface area contributed by atoms with Crippen molar-refractivity contribution in [1.29, 1.82) is 0 Å². The Morgan fingerprint density at radius 2 is 2.40 bits per heavy atom. The number of rotatable bonds is 0. The van der Waals surface area contributed by atoms with E-state index in [9.17, 15) is 0 Å². The van der Waals surface area contributed by atoms with Crippen molar-refractivity contribution in [3.05, 3.63) is 4.85 Å². The average molecular weight is 70.1 g/mol. The normalized spacial score (nSPS) is 5.20. The van der Waals surface area contributed by atoms with Crippen molar-refractivity contribution < 1.29 is 0 Å². The van der Waals surface area contributed by atoms with Crippen LogP contribution in [0.5, 0.6) is 0 Å². The summed E-state index contributed by atoms with van der Waals surface area (Å²) in [5.74, 6) is 0. The Morgan fingerprint density at radius 3 is 2.40 bits per heavy atom. The lowest BCUT2D eigenvalue weighted by Crippen LogP contribution is -1.51. The fourth-order valence-electron chi connectivity index (χ4n) is 0.158. The molecule has 0 saturated heterocycles. The van der Waals surface area contributed by atoms with Gasteiger partial charge >= 0.3 is 0 Å². The minimum Gasteiger partial charge on any atom is -0.0844 e. The summed E-state index contributed by atoms with van der Waals surface area (Å²) in [5, 5.41) is 0. The quantitative estimate of drug-likeness (QED) is 0.405. The molecule has 0 rings (SSSR count). The molecule has 0 spiro atoms. The van der Waals surface area contributed by atoms with Crippen LogP contribution < -0.4 is 0 Å². The van der Waals surface area contributed by atoms with Gasteiger partial charge in [0.05, 0.1) is 6.92 Å². The zero-order valence-corrected chi connectivity index (χ0v) is 3.65. The maximum atomic E-state index is 3.72. The van der Waals surface area contributed by atoms with E-state index < -0.39 is 0 Å². The van der Waals surface area contributed by atoms with Gasteiger partial charge in [0.2, 0.25) is 0 Å². The third kappa shape index (κ3) is 3.49. The number of hydrogen-bond donors (Lipinski definition) is 0. The van der Waals surface area contributed by atoms with Crippen molar-refractivity contribution in [2.45, 2.75) is 13.8 Å². The van der Waals surface area contributed by atoms with Gasteiger partial charge in [-0.25, -0.2) is 0 Å². The van der Waals surface area contributed by atoms with Gasteiger partial charge in [-0.2, -0.15) is 0 Å². The first-order valence-corrected chi connectivity index (χ1v) is 1.75. The molecule has 0 aromatic rings. The summed E-state index contributed by atoms with van der Waals surface area (Å²) in [4.78, 5) is 3.72. The summed E-state index contributed by atoms with van der Waals surface area (Å²) >= 11 is 0. The van der Waals surface area contributed by atoms with Crippen LogP contribution in [0.4, 0.5) is 0 Å². The highest BCUT2D eigenvalue weighted by Gasteiger charge is 1.65. The van der Waals surface area contributed by atoms with E-state index >= 15 is 0 Å². The molecule has 0 aliphatic rings. The molecule has 5 heavy (non-hydrogen) atoms. The third-order valence-electron chi connectivity index (χ3n) is 0.316. The highest BCUT2D eigenvalue weighted by molar-refractivity contribution is 4.77. The van der Waals surface area contributed by atoms with E-state index in [0.717, 1.165) is 6.54 Å². The van der Waals surface area contributed by atoms with Crippen LogP contribution in [-0.2, 0) is 0 Å². The zero-order chi connectivity index (χ0) is 4.12. The summed E-state index contributed by atoms with van der Waals surface area (Å²) in [5.41, 5.74) is 0. The van der Waals surface area contributed by atoms with Gasteiger partial charge in [0.25, 0.3) is 12.6 Å². The molecule has 0 aromatic heterocycles. The Labute approximate surface area is 32.4 Å². The molecule has 0 N–H and O–H groups in total. The zero-order valence-electron chi connectivity index (χ0n) is 3.65. The summed E-state index contributed by atoms with van der Waals surface area (Å²) in [7, 11) is 0. The van der Waals surface area contributed by atoms with E-state index in [1.54, 1.807) is 6.92 Å². The lowest BCUT2D eigenvalue weighted by molar-refractivity contribution is 1.34. The first kappa shape index (κ1) is 4.49. The molecule has 0 atom stereocenters. The van der Waals surface area contributed by atoms with Crippen molar-refractivity contribution in [1.82, 2.24) is 0 Å². The fraction of sp³-hybridized carbons (Fsp3) is 0.750. The Kier molecular flexibility index (Phi) is 3.13. The van der Waals surface area contributed by atoms with Crippen molar-refractivity contribution in [2.75, 3.05) is 6.54 Å². The highest BCUT2D eigenvalue weighted by Crippen LogP contribution is 1.58. The maximum Gasteiger partial charge on any atom is 0.269 e. The van der Waals surface area contributed by atoms with Crippen molar-refractivity contribution in [2.24, 2.45) is 0 Å². The maximum absolute atomic E-state index is 3.72. The summed E-state index contributed by atoms with van der Waals surface area (Å²) in [6.45, 7) is 4.64. The second kappa shape index (κ2) is 3.49. The van der Waals surface area contributed by atoms with Gasteiger partial charge in [0, 0.05) is 6.92 Å². The Morgan fingerprint density at radius 1 is 1.80 bits per heavy atom. The van der Waals surface area contributed by atoms with Gasteiger partial charge in [0.15, 0.2) is 0 Å². The first-order chi connectivity index (χ1) is 2.41. The van der Waals surface area contributed by atoms with Crippen molar-refractivity contribution >= 4 is 0 Å². The van der Waals surface area contributed by atoms with Gasteiger partial charge in [-0.1, -0.05) is 4.85 Å². The molecule has 0 radical (unpaired) electrons. The van der Waals surface area contributed by atoms with E-state index in [2.05, 4.69) is 10.9 Å². The Hall–Kier alpha value is -0.510. The minimum atomic E-state index is 0.858. The molecule has 0 bridgehead atoms. The van der Waals surface area contributed by atoms with Gasteiger partial charge in [-0.3, -0.25) is 0 Å². The van der Waals surface area contributed by atoms with E-state index in [4.69, 9.17) is 0 Å². The van der Waals surface area contributed by atoms with Gasteiger partial charge < -0.3 is 0 Å². The molecule has 0 fully saturated rings. The van der Waals surface area contributed by atoms with Crippen LogP contribution in [0.1, 0.15) is 13.8 Å². The lowest BCUT2D eigenvalue weighted by atomic mass is 10.8. The number of nitrogens with zero attached hydrogens (tertiary/aromatic N) is 1. The van der Waals surface area contributed by atoms with E-state index in [1.807, 2.05) is 6.92 Å². The van der Waals surface area contributed by atoms with Crippen LogP contribution in [0.2, 0.25) is 0 Å². The topological polar surface area (TPSA) is 4.36 Å². The second-order valence-corrected chi connectivity index (χ2v) is 0.698. The molecule has 1 heteroatoms. The molecule has 1 nitrogen and oxygen atoms in total. The molecule has 28 valence electrons. The molecule has 0 heterocycles. The van der Waals surface area contributed by atoms with Crippen molar-refractivity contribution in [3.63, 3.8) is 0 Å². The molecule has 0 amide bonds. The summed E-state index contributed by atoms with van der Waals surface area (Å²) in [6.07, 6.45) is 0. The van der Waals surface area contributed by atoms with E-state index in [0.29, 0.717) is 0 Å². The van der Waals surface area contributed by atoms with Crippen LogP contribution in [0.15, 0.2) is 0 Å². The van der Waals surface area contributed by atoms with Crippen molar-refractivity contribution in [3.8, 4) is 6.07 Å². The smallest absolute Gasteiger partial charge is 0.0844 e. The average Bonchev–Trinajstić information content (AvgIpc) is 1.41. The fourth-order valence-corrected chi connectivity index (χ4v) is 0.158. The van der Waals surface area contributed by atoms with Crippen LogP contribution in [0.25, 0.3) is 4.85 Å². The Bertz CT molecular complexity index is 55.8. The molecule has 0 aliphatic heterocycles. The largest absolute Gasteiger partial charge is 0.269 e. The number of hydrogen-bond acceptors (Lipinski definition) is 0. The molecular formula is C4H8N+. The SMILES string of the molecule is CC#[N+]CC. The highest BCUT2D eigenvalue weighted by atomic mass is 14.6. The van der Waals surface area contributed by atoms with E-state index in [-0.39, 0.29) is 0 Å². The van der Waals surface area contributed by atoms with Gasteiger partial charge in [-0.05, 0) is 0 Å². The Balaban J connectivity index is 2.81.